The third-order valence-electron chi connectivity index (χ3n) is 2.84. The van der Waals surface area contributed by atoms with Crippen molar-refractivity contribution >= 4 is 11.9 Å². The molecule has 0 aliphatic heterocycles. The second-order valence-electron chi connectivity index (χ2n) is 4.79. The highest BCUT2D eigenvalue weighted by Gasteiger charge is 2.07. The van der Waals surface area contributed by atoms with Crippen molar-refractivity contribution in [2.24, 2.45) is 0 Å². The summed E-state index contributed by atoms with van der Waals surface area (Å²) in [6.45, 7) is 3.06. The van der Waals surface area contributed by atoms with Crippen LogP contribution in [-0.4, -0.2) is 36.9 Å². The van der Waals surface area contributed by atoms with Crippen LogP contribution < -0.4 is 0 Å². The zero-order valence-electron chi connectivity index (χ0n) is 12.6. The molecule has 0 heterocycles. The Balaban J connectivity index is 3.35. The summed E-state index contributed by atoms with van der Waals surface area (Å²) in [6, 6.07) is 0. The molecule has 118 valence electrons. The summed E-state index contributed by atoms with van der Waals surface area (Å²) in [6.07, 6.45) is 6.60. The zero-order valence-corrected chi connectivity index (χ0v) is 12.6. The molecule has 0 fully saturated rings. The molecule has 0 bridgehead atoms. The van der Waals surface area contributed by atoms with Crippen LogP contribution in [0.4, 0.5) is 0 Å². The van der Waals surface area contributed by atoms with Gasteiger partial charge in [0.15, 0.2) is 0 Å². The molecule has 0 radical (unpaired) electrons. The summed E-state index contributed by atoms with van der Waals surface area (Å²) in [7, 11) is 0. The number of aliphatic hydroxyl groups is 1. The maximum atomic E-state index is 11.4. The van der Waals surface area contributed by atoms with Crippen LogP contribution in [-0.2, 0) is 19.1 Å². The summed E-state index contributed by atoms with van der Waals surface area (Å²) in [4.78, 5) is 22.6. The summed E-state index contributed by atoms with van der Waals surface area (Å²) >= 11 is 0. The molecule has 0 atom stereocenters. The molecule has 0 aliphatic carbocycles. The summed E-state index contributed by atoms with van der Waals surface area (Å²) < 4.78 is 10.0. The molecular weight excluding hydrogens is 260 g/mol. The van der Waals surface area contributed by atoms with Gasteiger partial charge < -0.3 is 14.6 Å². The van der Waals surface area contributed by atoms with Gasteiger partial charge in [-0.15, -0.1) is 0 Å². The molecule has 0 amide bonds. The number of unbranched alkanes of at least 4 members (excludes halogenated alkanes) is 4. The average molecular weight is 288 g/mol. The third-order valence-corrected chi connectivity index (χ3v) is 2.84. The average Bonchev–Trinajstić information content (AvgIpc) is 2.43. The number of aliphatic hydroxyl groups excluding tert-OH is 1. The Morgan fingerprint density at radius 3 is 1.85 bits per heavy atom. The Morgan fingerprint density at radius 1 is 0.800 bits per heavy atom. The molecule has 0 aromatic rings. The largest absolute Gasteiger partial charge is 0.466 e. The monoisotopic (exact) mass is 288 g/mol. The minimum absolute atomic E-state index is 0.113. The van der Waals surface area contributed by atoms with Crippen molar-refractivity contribution in [2.75, 3.05) is 19.8 Å². The molecule has 1 N–H and O–H groups in total. The van der Waals surface area contributed by atoms with E-state index in [4.69, 9.17) is 14.6 Å². The standard InChI is InChI=1S/C15H28O5/c1-2-3-4-6-12-19-14(17)9-8-10-15(18)20-13-7-5-11-16/h16H,2-13H2,1H3. The highest BCUT2D eigenvalue weighted by atomic mass is 16.5. The highest BCUT2D eigenvalue weighted by Crippen LogP contribution is 2.03. The minimum atomic E-state index is -0.293. The normalized spacial score (nSPS) is 10.3. The second-order valence-corrected chi connectivity index (χ2v) is 4.79. The molecule has 0 rings (SSSR count). The molecule has 5 nitrogen and oxygen atoms in total. The van der Waals surface area contributed by atoms with E-state index in [1.54, 1.807) is 0 Å². The van der Waals surface area contributed by atoms with Gasteiger partial charge >= 0.3 is 11.9 Å². The number of hydrogen-bond acceptors (Lipinski definition) is 5. The lowest BCUT2D eigenvalue weighted by Crippen LogP contribution is -2.09. The summed E-state index contributed by atoms with van der Waals surface area (Å²) in [5.41, 5.74) is 0. The number of hydrogen-bond donors (Lipinski definition) is 1. The van der Waals surface area contributed by atoms with Crippen molar-refractivity contribution in [3.63, 3.8) is 0 Å². The van der Waals surface area contributed by atoms with Crippen molar-refractivity contribution in [3.05, 3.63) is 0 Å². The van der Waals surface area contributed by atoms with E-state index in [0.29, 0.717) is 32.5 Å². The fraction of sp³-hybridized carbons (Fsp3) is 0.867. The van der Waals surface area contributed by atoms with Crippen molar-refractivity contribution in [1.82, 2.24) is 0 Å². The molecule has 20 heavy (non-hydrogen) atoms. The summed E-state index contributed by atoms with van der Waals surface area (Å²) in [5, 5.41) is 8.56. The maximum Gasteiger partial charge on any atom is 0.305 e. The van der Waals surface area contributed by atoms with Crippen LogP contribution in [0.25, 0.3) is 0 Å². The number of carbonyl (C=O) groups is 2. The van der Waals surface area contributed by atoms with Crippen molar-refractivity contribution < 1.29 is 24.2 Å². The van der Waals surface area contributed by atoms with E-state index in [2.05, 4.69) is 6.92 Å². The number of carbonyl (C=O) groups excluding carboxylic acids is 2. The first-order valence-corrected chi connectivity index (χ1v) is 7.62. The molecule has 0 aromatic heterocycles. The molecule has 0 spiro atoms. The number of ether oxygens (including phenoxy) is 2. The number of esters is 2. The Morgan fingerprint density at radius 2 is 1.35 bits per heavy atom. The van der Waals surface area contributed by atoms with Crippen LogP contribution in [0, 0.1) is 0 Å². The molecular formula is C15H28O5. The molecule has 0 aromatic carbocycles. The van der Waals surface area contributed by atoms with Gasteiger partial charge in [0.25, 0.3) is 0 Å². The fourth-order valence-electron chi connectivity index (χ4n) is 1.64. The highest BCUT2D eigenvalue weighted by molar-refractivity contribution is 5.72. The molecule has 0 saturated carbocycles. The van der Waals surface area contributed by atoms with E-state index in [0.717, 1.165) is 19.3 Å². The first-order valence-electron chi connectivity index (χ1n) is 7.62. The van der Waals surface area contributed by atoms with Gasteiger partial charge in [-0.25, -0.2) is 0 Å². The van der Waals surface area contributed by atoms with Crippen LogP contribution >= 0.6 is 0 Å². The van der Waals surface area contributed by atoms with Gasteiger partial charge in [0, 0.05) is 19.4 Å². The van der Waals surface area contributed by atoms with Crippen LogP contribution in [0.3, 0.4) is 0 Å². The van der Waals surface area contributed by atoms with Crippen molar-refractivity contribution in [3.8, 4) is 0 Å². The lowest BCUT2D eigenvalue weighted by Gasteiger charge is -2.05. The van der Waals surface area contributed by atoms with Crippen LogP contribution in [0.5, 0.6) is 0 Å². The first kappa shape index (κ1) is 18.9. The summed E-state index contributed by atoms with van der Waals surface area (Å²) in [5.74, 6) is -0.534. The van der Waals surface area contributed by atoms with Gasteiger partial charge in [0.1, 0.15) is 0 Å². The smallest absolute Gasteiger partial charge is 0.305 e. The van der Waals surface area contributed by atoms with E-state index >= 15 is 0 Å². The molecule has 0 unspecified atom stereocenters. The third kappa shape index (κ3) is 13.3. The lowest BCUT2D eigenvalue weighted by molar-refractivity contribution is -0.145. The van der Waals surface area contributed by atoms with Gasteiger partial charge in [0.2, 0.25) is 0 Å². The van der Waals surface area contributed by atoms with Gasteiger partial charge in [-0.05, 0) is 25.7 Å². The van der Waals surface area contributed by atoms with Crippen molar-refractivity contribution in [1.29, 1.82) is 0 Å². The SMILES string of the molecule is CCCCCCOC(=O)CCCC(=O)OCCCCO. The number of rotatable bonds is 13. The van der Waals surface area contributed by atoms with Crippen LogP contribution in [0.15, 0.2) is 0 Å². The van der Waals surface area contributed by atoms with Gasteiger partial charge in [-0.3, -0.25) is 9.59 Å². The zero-order chi connectivity index (χ0) is 15.1. The second kappa shape index (κ2) is 14.3. The molecule has 0 aliphatic rings. The predicted molar refractivity (Wildman–Crippen MR) is 76.2 cm³/mol. The van der Waals surface area contributed by atoms with Crippen molar-refractivity contribution in [2.45, 2.75) is 64.7 Å². The van der Waals surface area contributed by atoms with Crippen LogP contribution in [0.1, 0.15) is 64.7 Å². The minimum Gasteiger partial charge on any atom is -0.466 e. The van der Waals surface area contributed by atoms with Gasteiger partial charge in [-0.1, -0.05) is 26.2 Å². The molecule has 5 heteroatoms. The fourth-order valence-corrected chi connectivity index (χ4v) is 1.64. The topological polar surface area (TPSA) is 72.8 Å². The van der Waals surface area contributed by atoms with E-state index in [1.807, 2.05) is 0 Å². The Bertz CT molecular complexity index is 253. The lowest BCUT2D eigenvalue weighted by atomic mass is 10.2. The van der Waals surface area contributed by atoms with Gasteiger partial charge in [-0.2, -0.15) is 0 Å². The van der Waals surface area contributed by atoms with E-state index in [9.17, 15) is 9.59 Å². The van der Waals surface area contributed by atoms with E-state index < -0.39 is 0 Å². The predicted octanol–water partition coefficient (Wildman–Crippen LogP) is 2.60. The molecule has 0 saturated heterocycles. The Kier molecular flexibility index (Phi) is 13.5. The Labute approximate surface area is 121 Å². The van der Waals surface area contributed by atoms with E-state index in [-0.39, 0.29) is 31.4 Å². The first-order chi connectivity index (χ1) is 9.70. The van der Waals surface area contributed by atoms with E-state index in [1.165, 1.54) is 6.42 Å². The van der Waals surface area contributed by atoms with Crippen LogP contribution in [0.2, 0.25) is 0 Å². The Hall–Kier alpha value is -1.10. The quantitative estimate of drug-likeness (QED) is 0.416. The maximum absolute atomic E-state index is 11.4. The van der Waals surface area contributed by atoms with Gasteiger partial charge in [0.05, 0.1) is 13.2 Å².